The van der Waals surface area contributed by atoms with Crippen molar-refractivity contribution in [3.63, 3.8) is 0 Å². The molecule has 0 fully saturated rings. The number of carbonyl (C=O) groups is 1. The van der Waals surface area contributed by atoms with E-state index in [1.807, 2.05) is 39.0 Å². The number of hydrogen-bond donors (Lipinski definition) is 2. The molecule has 0 atom stereocenters. The van der Waals surface area contributed by atoms with E-state index in [0.717, 1.165) is 16.7 Å². The van der Waals surface area contributed by atoms with E-state index in [1.165, 1.54) is 23.0 Å². The van der Waals surface area contributed by atoms with E-state index in [0.29, 0.717) is 11.3 Å². The first-order chi connectivity index (χ1) is 13.3. The zero-order valence-electron chi connectivity index (χ0n) is 15.8. The van der Waals surface area contributed by atoms with Crippen molar-refractivity contribution in [1.29, 1.82) is 0 Å². The molecular formula is C21H21F2N3O2. The third kappa shape index (κ3) is 4.03. The minimum Gasteiger partial charge on any atom is -0.465 e. The summed E-state index contributed by atoms with van der Waals surface area (Å²) >= 11 is 0. The van der Waals surface area contributed by atoms with Crippen LogP contribution < -0.4 is 5.32 Å². The first-order valence-corrected chi connectivity index (χ1v) is 8.88. The molecule has 3 aromatic rings. The largest absolute Gasteiger partial charge is 0.465 e. The Balaban J connectivity index is 1.95. The van der Waals surface area contributed by atoms with Crippen molar-refractivity contribution in [2.45, 2.75) is 33.2 Å². The highest BCUT2D eigenvalue weighted by atomic mass is 19.1. The summed E-state index contributed by atoms with van der Waals surface area (Å²) in [6.07, 6.45) is 0.394. The van der Waals surface area contributed by atoms with Crippen LogP contribution in [0, 0.1) is 18.6 Å². The van der Waals surface area contributed by atoms with Crippen molar-refractivity contribution in [2.75, 3.05) is 0 Å². The second-order valence-corrected chi connectivity index (χ2v) is 6.93. The van der Waals surface area contributed by atoms with Crippen LogP contribution in [-0.2, 0) is 6.54 Å². The van der Waals surface area contributed by atoms with Crippen LogP contribution in [0.4, 0.5) is 13.6 Å². The average Bonchev–Trinajstić information content (AvgIpc) is 3.09. The third-order valence-electron chi connectivity index (χ3n) is 4.60. The fourth-order valence-corrected chi connectivity index (χ4v) is 2.93. The molecule has 3 rings (SSSR count). The molecule has 2 aromatic carbocycles. The van der Waals surface area contributed by atoms with Gasteiger partial charge in [-0.3, -0.25) is 0 Å². The highest BCUT2D eigenvalue weighted by molar-refractivity contribution is 5.65. The Hall–Kier alpha value is -3.22. The Morgan fingerprint density at radius 2 is 1.86 bits per heavy atom. The van der Waals surface area contributed by atoms with Crippen molar-refractivity contribution in [2.24, 2.45) is 0 Å². The first-order valence-electron chi connectivity index (χ1n) is 8.88. The lowest BCUT2D eigenvalue weighted by molar-refractivity contribution is 0.194. The summed E-state index contributed by atoms with van der Waals surface area (Å²) in [6.45, 7) is 5.78. The van der Waals surface area contributed by atoms with Gasteiger partial charge in [0.2, 0.25) is 0 Å². The summed E-state index contributed by atoms with van der Waals surface area (Å²) in [6, 6.07) is 9.81. The lowest BCUT2D eigenvalue weighted by atomic mass is 10.0. The Morgan fingerprint density at radius 3 is 2.46 bits per heavy atom. The normalized spacial score (nSPS) is 11.1. The highest BCUT2D eigenvalue weighted by Crippen LogP contribution is 2.26. The summed E-state index contributed by atoms with van der Waals surface area (Å²) in [4.78, 5) is 10.7. The van der Waals surface area contributed by atoms with E-state index >= 15 is 0 Å². The van der Waals surface area contributed by atoms with E-state index in [-0.39, 0.29) is 18.2 Å². The van der Waals surface area contributed by atoms with Crippen molar-refractivity contribution in [3.05, 3.63) is 70.9 Å². The van der Waals surface area contributed by atoms with Gasteiger partial charge in [0.05, 0.1) is 5.69 Å². The molecule has 0 bridgehead atoms. The van der Waals surface area contributed by atoms with E-state index in [2.05, 4.69) is 10.4 Å². The number of aryl methyl sites for hydroxylation is 1. The minimum absolute atomic E-state index is 0.0108. The van der Waals surface area contributed by atoms with Crippen LogP contribution in [0.5, 0.6) is 0 Å². The fraction of sp³-hybridized carbons (Fsp3) is 0.238. The van der Waals surface area contributed by atoms with Crippen LogP contribution in [0.2, 0.25) is 0 Å². The molecule has 1 amide bonds. The maximum Gasteiger partial charge on any atom is 0.404 e. The number of nitrogens with one attached hydrogen (secondary N) is 1. The lowest BCUT2D eigenvalue weighted by Gasteiger charge is -2.10. The Labute approximate surface area is 161 Å². The van der Waals surface area contributed by atoms with Gasteiger partial charge < -0.3 is 10.4 Å². The van der Waals surface area contributed by atoms with Crippen LogP contribution in [0.1, 0.15) is 36.5 Å². The number of carboxylic acid groups (broad SMARTS) is 1. The number of nitrogens with zero attached hydrogens (tertiary/aromatic N) is 2. The zero-order valence-corrected chi connectivity index (χ0v) is 15.8. The van der Waals surface area contributed by atoms with Gasteiger partial charge in [-0.25, -0.2) is 18.3 Å². The van der Waals surface area contributed by atoms with Gasteiger partial charge in [0.25, 0.3) is 0 Å². The molecule has 0 unspecified atom stereocenters. The molecule has 0 aliphatic carbocycles. The Kier molecular flexibility index (Phi) is 5.44. The number of halogens is 2. The molecule has 0 saturated carbocycles. The molecule has 0 spiro atoms. The van der Waals surface area contributed by atoms with Crippen LogP contribution in [0.15, 0.2) is 42.6 Å². The quantitative estimate of drug-likeness (QED) is 0.648. The van der Waals surface area contributed by atoms with Crippen LogP contribution in [-0.4, -0.2) is 21.0 Å². The maximum absolute atomic E-state index is 14.5. The van der Waals surface area contributed by atoms with Gasteiger partial charge in [-0.2, -0.15) is 5.10 Å². The topological polar surface area (TPSA) is 67.2 Å². The average molecular weight is 385 g/mol. The standard InChI is InChI=1S/C21H21F2N3O2/c1-12(2)15-9-17(22)20(18(23)10-15)26-7-6-19(25-26)14-5-4-13(3)16(8-14)11-24-21(27)28/h4-10,12,24H,11H2,1-3H3,(H,27,28). The predicted octanol–water partition coefficient (Wildman–Crippen LogP) is 5.02. The van der Waals surface area contributed by atoms with E-state index in [9.17, 15) is 13.6 Å². The van der Waals surface area contributed by atoms with Crippen LogP contribution >= 0.6 is 0 Å². The van der Waals surface area contributed by atoms with Gasteiger partial charge in [0.1, 0.15) is 5.69 Å². The smallest absolute Gasteiger partial charge is 0.404 e. The second kappa shape index (κ2) is 7.80. The second-order valence-electron chi connectivity index (χ2n) is 6.93. The Bertz CT molecular complexity index is 1010. The summed E-state index contributed by atoms with van der Waals surface area (Å²) in [5.74, 6) is -1.33. The summed E-state index contributed by atoms with van der Waals surface area (Å²) in [5, 5.41) is 15.4. The molecule has 0 aliphatic heterocycles. The third-order valence-corrected chi connectivity index (χ3v) is 4.60. The summed E-state index contributed by atoms with van der Waals surface area (Å²) < 4.78 is 30.2. The van der Waals surface area contributed by atoms with Gasteiger partial charge in [-0.1, -0.05) is 26.0 Å². The number of aromatic nitrogens is 2. The van der Waals surface area contributed by atoms with E-state index in [1.54, 1.807) is 6.07 Å². The molecule has 1 aromatic heterocycles. The monoisotopic (exact) mass is 385 g/mol. The molecule has 0 radical (unpaired) electrons. The number of benzene rings is 2. The SMILES string of the molecule is Cc1ccc(-c2ccn(-c3c(F)cc(C(C)C)cc3F)n2)cc1CNC(=O)O. The van der Waals surface area contributed by atoms with E-state index in [4.69, 9.17) is 5.11 Å². The summed E-state index contributed by atoms with van der Waals surface area (Å²) in [7, 11) is 0. The molecule has 7 heteroatoms. The molecule has 2 N–H and O–H groups in total. The molecule has 28 heavy (non-hydrogen) atoms. The van der Waals surface area contributed by atoms with E-state index < -0.39 is 17.7 Å². The highest BCUT2D eigenvalue weighted by Gasteiger charge is 2.16. The van der Waals surface area contributed by atoms with Crippen molar-refractivity contribution in [3.8, 4) is 16.9 Å². The minimum atomic E-state index is -1.11. The van der Waals surface area contributed by atoms with Crippen LogP contribution in [0.25, 0.3) is 16.9 Å². The van der Waals surface area contributed by atoms with Gasteiger partial charge in [-0.05, 0) is 53.8 Å². The van der Waals surface area contributed by atoms with Gasteiger partial charge in [-0.15, -0.1) is 0 Å². The van der Waals surface area contributed by atoms with Crippen molar-refractivity contribution < 1.29 is 18.7 Å². The number of hydrogen-bond acceptors (Lipinski definition) is 2. The summed E-state index contributed by atoms with van der Waals surface area (Å²) in [5.41, 5.74) is 3.34. The van der Waals surface area contributed by atoms with Gasteiger partial charge in [0, 0.05) is 18.3 Å². The molecule has 1 heterocycles. The van der Waals surface area contributed by atoms with Gasteiger partial charge in [0.15, 0.2) is 11.6 Å². The maximum atomic E-state index is 14.5. The molecular weight excluding hydrogens is 364 g/mol. The molecule has 0 aliphatic rings. The fourth-order valence-electron chi connectivity index (χ4n) is 2.93. The molecule has 146 valence electrons. The predicted molar refractivity (Wildman–Crippen MR) is 103 cm³/mol. The van der Waals surface area contributed by atoms with Crippen molar-refractivity contribution >= 4 is 6.09 Å². The molecule has 5 nitrogen and oxygen atoms in total. The number of amides is 1. The van der Waals surface area contributed by atoms with Crippen LogP contribution in [0.3, 0.4) is 0 Å². The van der Waals surface area contributed by atoms with Crippen molar-refractivity contribution in [1.82, 2.24) is 15.1 Å². The molecule has 0 saturated heterocycles. The van der Waals surface area contributed by atoms with Gasteiger partial charge >= 0.3 is 6.09 Å². The number of rotatable bonds is 5. The Morgan fingerprint density at radius 1 is 1.18 bits per heavy atom. The lowest BCUT2D eigenvalue weighted by Crippen LogP contribution is -2.20. The first kappa shape index (κ1) is 19.5. The zero-order chi connectivity index (χ0) is 20.4.